The third-order valence-corrected chi connectivity index (χ3v) is 8.24. The SMILES string of the molecule is CC[C@H](C)NC(=O)[C@@H](C)N(Cc1ccccc1F)C(=O)CN(c1ccccc1C)S(=O)(=O)c1ccccc1. The minimum atomic E-state index is -4.14. The summed E-state index contributed by atoms with van der Waals surface area (Å²) in [6.45, 7) is 6.31. The smallest absolute Gasteiger partial charge is 0.264 e. The van der Waals surface area contributed by atoms with Gasteiger partial charge in [0.25, 0.3) is 10.0 Å². The van der Waals surface area contributed by atoms with Gasteiger partial charge in [-0.05, 0) is 57.0 Å². The average molecular weight is 540 g/mol. The summed E-state index contributed by atoms with van der Waals surface area (Å²) in [6.07, 6.45) is 0.691. The summed E-state index contributed by atoms with van der Waals surface area (Å²) in [5, 5.41) is 2.86. The molecule has 0 unspecified atom stereocenters. The zero-order valence-corrected chi connectivity index (χ0v) is 22.9. The van der Waals surface area contributed by atoms with Gasteiger partial charge in [0.05, 0.1) is 10.6 Å². The molecule has 0 aliphatic heterocycles. The van der Waals surface area contributed by atoms with Gasteiger partial charge in [0, 0.05) is 18.2 Å². The molecule has 38 heavy (non-hydrogen) atoms. The fraction of sp³-hybridized carbons (Fsp3) is 0.310. The molecule has 1 N–H and O–H groups in total. The summed E-state index contributed by atoms with van der Waals surface area (Å²) < 4.78 is 43.2. The molecule has 2 amide bonds. The molecule has 3 rings (SSSR count). The minimum absolute atomic E-state index is 0.0271. The monoisotopic (exact) mass is 539 g/mol. The molecular weight excluding hydrogens is 505 g/mol. The van der Waals surface area contributed by atoms with Crippen molar-refractivity contribution in [3.63, 3.8) is 0 Å². The topological polar surface area (TPSA) is 86.8 Å². The van der Waals surface area contributed by atoms with E-state index in [2.05, 4.69) is 5.32 Å². The Morgan fingerprint density at radius 3 is 2.16 bits per heavy atom. The number of nitrogens with zero attached hydrogens (tertiary/aromatic N) is 2. The molecule has 0 radical (unpaired) electrons. The first-order chi connectivity index (χ1) is 18.1. The highest BCUT2D eigenvalue weighted by Crippen LogP contribution is 2.27. The normalized spacial score (nSPS) is 12.9. The predicted molar refractivity (Wildman–Crippen MR) is 146 cm³/mol. The summed E-state index contributed by atoms with van der Waals surface area (Å²) in [7, 11) is -4.14. The van der Waals surface area contributed by atoms with Gasteiger partial charge in [-0.1, -0.05) is 61.5 Å². The molecule has 0 fully saturated rings. The highest BCUT2D eigenvalue weighted by molar-refractivity contribution is 7.92. The number of sulfonamides is 1. The van der Waals surface area contributed by atoms with E-state index >= 15 is 0 Å². The maximum absolute atomic E-state index is 14.6. The van der Waals surface area contributed by atoms with Crippen LogP contribution in [-0.2, 0) is 26.2 Å². The fourth-order valence-electron chi connectivity index (χ4n) is 3.93. The molecule has 0 bridgehead atoms. The van der Waals surface area contributed by atoms with Crippen LogP contribution in [0, 0.1) is 12.7 Å². The van der Waals surface area contributed by atoms with Gasteiger partial charge in [0.1, 0.15) is 18.4 Å². The zero-order chi connectivity index (χ0) is 27.9. The molecule has 0 saturated heterocycles. The number of rotatable bonds is 11. The van der Waals surface area contributed by atoms with Crippen LogP contribution >= 0.6 is 0 Å². The van der Waals surface area contributed by atoms with Crippen LogP contribution in [0.2, 0.25) is 0 Å². The molecular formula is C29H34FN3O4S. The van der Waals surface area contributed by atoms with E-state index < -0.39 is 40.2 Å². The van der Waals surface area contributed by atoms with E-state index in [4.69, 9.17) is 0 Å². The molecule has 0 spiro atoms. The van der Waals surface area contributed by atoms with Crippen molar-refractivity contribution in [1.29, 1.82) is 0 Å². The fourth-order valence-corrected chi connectivity index (χ4v) is 5.43. The number of hydrogen-bond donors (Lipinski definition) is 1. The number of anilines is 1. The Hall–Kier alpha value is -3.72. The molecule has 0 aliphatic rings. The van der Waals surface area contributed by atoms with Crippen LogP contribution in [0.4, 0.5) is 10.1 Å². The molecule has 3 aromatic rings. The van der Waals surface area contributed by atoms with E-state index in [1.54, 1.807) is 62.4 Å². The quantitative estimate of drug-likeness (QED) is 0.384. The number of hydrogen-bond acceptors (Lipinski definition) is 4. The second kappa shape index (κ2) is 12.7. The van der Waals surface area contributed by atoms with Gasteiger partial charge in [0.15, 0.2) is 0 Å². The van der Waals surface area contributed by atoms with Crippen molar-refractivity contribution < 1.29 is 22.4 Å². The van der Waals surface area contributed by atoms with Crippen LogP contribution in [0.5, 0.6) is 0 Å². The molecule has 7 nitrogen and oxygen atoms in total. The lowest BCUT2D eigenvalue weighted by Gasteiger charge is -2.33. The van der Waals surface area contributed by atoms with Crippen molar-refractivity contribution >= 4 is 27.5 Å². The van der Waals surface area contributed by atoms with Gasteiger partial charge in [-0.15, -0.1) is 0 Å². The first-order valence-electron chi connectivity index (χ1n) is 12.5. The van der Waals surface area contributed by atoms with Crippen molar-refractivity contribution in [2.75, 3.05) is 10.8 Å². The summed E-state index contributed by atoms with van der Waals surface area (Å²) >= 11 is 0. The van der Waals surface area contributed by atoms with Crippen LogP contribution in [0.3, 0.4) is 0 Å². The maximum atomic E-state index is 14.6. The maximum Gasteiger partial charge on any atom is 0.264 e. The summed E-state index contributed by atoms with van der Waals surface area (Å²) in [4.78, 5) is 28.1. The largest absolute Gasteiger partial charge is 0.352 e. The lowest BCUT2D eigenvalue weighted by molar-refractivity contribution is -0.139. The van der Waals surface area contributed by atoms with Gasteiger partial charge in [-0.2, -0.15) is 0 Å². The van der Waals surface area contributed by atoms with Gasteiger partial charge in [0.2, 0.25) is 11.8 Å². The number of carbonyl (C=O) groups excluding carboxylic acids is 2. The number of amides is 2. The molecule has 9 heteroatoms. The summed E-state index contributed by atoms with van der Waals surface area (Å²) in [5.74, 6) is -1.56. The van der Waals surface area contributed by atoms with Crippen LogP contribution in [-0.4, -0.2) is 43.8 Å². The summed E-state index contributed by atoms with van der Waals surface area (Å²) in [5.41, 5.74) is 1.22. The van der Waals surface area contributed by atoms with Crippen molar-refractivity contribution in [2.24, 2.45) is 0 Å². The lowest BCUT2D eigenvalue weighted by Crippen LogP contribution is -2.52. The Bertz CT molecular complexity index is 1370. The molecule has 0 heterocycles. The number of nitrogens with one attached hydrogen (secondary N) is 1. The molecule has 3 aromatic carbocycles. The highest BCUT2D eigenvalue weighted by Gasteiger charge is 2.33. The predicted octanol–water partition coefficient (Wildman–Crippen LogP) is 4.66. The first-order valence-corrected chi connectivity index (χ1v) is 14.0. The minimum Gasteiger partial charge on any atom is -0.352 e. The Kier molecular flexibility index (Phi) is 9.63. The highest BCUT2D eigenvalue weighted by atomic mass is 32.2. The Labute approximate surface area is 224 Å². The Morgan fingerprint density at radius 2 is 1.53 bits per heavy atom. The third kappa shape index (κ3) is 6.77. The van der Waals surface area contributed by atoms with E-state index in [-0.39, 0.29) is 23.0 Å². The first kappa shape index (κ1) is 28.8. The Morgan fingerprint density at radius 1 is 0.921 bits per heavy atom. The van der Waals surface area contributed by atoms with Gasteiger partial charge in [-0.25, -0.2) is 12.8 Å². The van der Waals surface area contributed by atoms with Crippen molar-refractivity contribution in [2.45, 2.75) is 57.6 Å². The average Bonchev–Trinajstić information content (AvgIpc) is 2.91. The number of benzene rings is 3. The number of carbonyl (C=O) groups is 2. The third-order valence-electron chi connectivity index (χ3n) is 6.46. The number of para-hydroxylation sites is 1. The Balaban J connectivity index is 2.04. The van der Waals surface area contributed by atoms with Gasteiger partial charge in [-0.3, -0.25) is 13.9 Å². The molecule has 0 aromatic heterocycles. The summed E-state index contributed by atoms with van der Waals surface area (Å²) in [6, 6.07) is 19.6. The van der Waals surface area contributed by atoms with E-state index in [9.17, 15) is 22.4 Å². The van der Waals surface area contributed by atoms with E-state index in [0.29, 0.717) is 17.7 Å². The number of aryl methyl sites for hydroxylation is 1. The van der Waals surface area contributed by atoms with Crippen molar-refractivity contribution in [3.8, 4) is 0 Å². The molecule has 2 atom stereocenters. The second-order valence-electron chi connectivity index (χ2n) is 9.22. The van der Waals surface area contributed by atoms with Crippen molar-refractivity contribution in [3.05, 3.63) is 95.8 Å². The molecule has 0 saturated carbocycles. The van der Waals surface area contributed by atoms with E-state index in [0.717, 1.165) is 4.31 Å². The molecule has 202 valence electrons. The lowest BCUT2D eigenvalue weighted by atomic mass is 10.1. The van der Waals surface area contributed by atoms with Crippen LogP contribution in [0.25, 0.3) is 0 Å². The van der Waals surface area contributed by atoms with Crippen molar-refractivity contribution in [1.82, 2.24) is 10.2 Å². The van der Waals surface area contributed by atoms with Crippen LogP contribution < -0.4 is 9.62 Å². The van der Waals surface area contributed by atoms with E-state index in [1.807, 2.05) is 13.8 Å². The van der Waals surface area contributed by atoms with Gasteiger partial charge < -0.3 is 10.2 Å². The van der Waals surface area contributed by atoms with Crippen LogP contribution in [0.1, 0.15) is 38.3 Å². The standard InChI is InChI=1S/C29H34FN3O4S/c1-5-22(3)31-29(35)23(4)32(19-24-14-10-11-17-26(24)30)28(34)20-33(27-18-12-9-13-21(27)2)38(36,37)25-15-7-6-8-16-25/h6-18,22-23H,5,19-20H2,1-4H3,(H,31,35)/t22-,23+/m0/s1. The zero-order valence-electron chi connectivity index (χ0n) is 22.1. The number of halogens is 1. The van der Waals surface area contributed by atoms with Crippen LogP contribution in [0.15, 0.2) is 83.8 Å². The van der Waals surface area contributed by atoms with E-state index in [1.165, 1.54) is 35.2 Å². The second-order valence-corrected chi connectivity index (χ2v) is 11.1. The van der Waals surface area contributed by atoms with Gasteiger partial charge >= 0.3 is 0 Å². The molecule has 0 aliphatic carbocycles.